The normalized spacial score (nSPS) is 12.3. The Hall–Kier alpha value is -5.05. The van der Waals surface area contributed by atoms with E-state index in [0.29, 0.717) is 39.1 Å². The van der Waals surface area contributed by atoms with Gasteiger partial charge in [0.05, 0.1) is 17.0 Å². The first-order valence-electron chi connectivity index (χ1n) is 11.7. The lowest BCUT2D eigenvalue weighted by molar-refractivity contribution is 0.405. The second kappa shape index (κ2) is 8.56. The minimum Gasteiger partial charge on any atom is -0.506 e. The average Bonchev–Trinajstić information content (AvgIpc) is 3.31. The number of hydrogen-bond acceptors (Lipinski definition) is 8. The van der Waals surface area contributed by atoms with Crippen molar-refractivity contribution in [2.75, 3.05) is 5.73 Å². The summed E-state index contributed by atoms with van der Waals surface area (Å²) in [5.74, 6) is 0.678. The Bertz CT molecular complexity index is 1860. The average molecular weight is 491 g/mol. The van der Waals surface area contributed by atoms with Crippen molar-refractivity contribution in [2.45, 2.75) is 19.9 Å². The molecule has 182 valence electrons. The van der Waals surface area contributed by atoms with Crippen LogP contribution in [0, 0.1) is 6.92 Å². The SMILES string of the molecule is Cc1ncc(O)cc1-c1nn(C(C)c2oc(=O)c3ccccc3c2-c2ccccc2)c2ncnc(N)c12. The summed E-state index contributed by atoms with van der Waals surface area (Å²) in [5, 5.41) is 16.8. The highest BCUT2D eigenvalue weighted by Gasteiger charge is 2.27. The molecule has 0 saturated heterocycles. The van der Waals surface area contributed by atoms with Crippen molar-refractivity contribution < 1.29 is 9.52 Å². The summed E-state index contributed by atoms with van der Waals surface area (Å²) in [6, 6.07) is 18.2. The van der Waals surface area contributed by atoms with E-state index in [-0.39, 0.29) is 11.6 Å². The molecule has 9 nitrogen and oxygen atoms in total. The maximum atomic E-state index is 13.1. The minimum atomic E-state index is -0.552. The Balaban J connectivity index is 1.66. The van der Waals surface area contributed by atoms with Gasteiger partial charge in [0.1, 0.15) is 35.4 Å². The summed E-state index contributed by atoms with van der Waals surface area (Å²) < 4.78 is 7.66. The first-order chi connectivity index (χ1) is 17.9. The van der Waals surface area contributed by atoms with E-state index in [1.54, 1.807) is 16.8 Å². The molecule has 0 bridgehead atoms. The molecule has 2 aromatic carbocycles. The molecule has 0 aliphatic rings. The summed E-state index contributed by atoms with van der Waals surface area (Å²) >= 11 is 0. The van der Waals surface area contributed by atoms with E-state index in [4.69, 9.17) is 15.2 Å². The van der Waals surface area contributed by atoms with Gasteiger partial charge in [0.2, 0.25) is 0 Å². The number of hydrogen-bond donors (Lipinski definition) is 2. The number of fused-ring (bicyclic) bond motifs is 2. The number of aromatic hydroxyl groups is 1. The number of rotatable bonds is 4. The zero-order chi connectivity index (χ0) is 25.7. The lowest BCUT2D eigenvalue weighted by atomic mass is 9.96. The van der Waals surface area contributed by atoms with Gasteiger partial charge in [0.15, 0.2) is 5.65 Å². The Kier molecular flexibility index (Phi) is 5.19. The van der Waals surface area contributed by atoms with Crippen LogP contribution in [0.15, 0.2) is 82.4 Å². The fourth-order valence-corrected chi connectivity index (χ4v) is 4.74. The zero-order valence-electron chi connectivity index (χ0n) is 20.1. The summed E-state index contributed by atoms with van der Waals surface area (Å²) in [7, 11) is 0. The van der Waals surface area contributed by atoms with Crippen molar-refractivity contribution in [3.05, 3.63) is 95.1 Å². The number of anilines is 1. The molecule has 1 unspecified atom stereocenters. The van der Waals surface area contributed by atoms with Gasteiger partial charge in [-0.05, 0) is 31.5 Å². The van der Waals surface area contributed by atoms with Gasteiger partial charge >= 0.3 is 5.63 Å². The molecule has 0 aliphatic carbocycles. The number of nitrogens with zero attached hydrogens (tertiary/aromatic N) is 5. The van der Waals surface area contributed by atoms with Crippen LogP contribution in [0.5, 0.6) is 5.75 Å². The van der Waals surface area contributed by atoms with Gasteiger partial charge in [-0.25, -0.2) is 19.4 Å². The second-order valence-corrected chi connectivity index (χ2v) is 8.79. The van der Waals surface area contributed by atoms with E-state index < -0.39 is 11.7 Å². The molecule has 6 aromatic rings. The molecule has 0 aliphatic heterocycles. The molecule has 6 rings (SSSR count). The molecule has 0 amide bonds. The third kappa shape index (κ3) is 3.59. The lowest BCUT2D eigenvalue weighted by Crippen LogP contribution is -2.14. The van der Waals surface area contributed by atoms with Crippen molar-refractivity contribution in [3.63, 3.8) is 0 Å². The lowest BCUT2D eigenvalue weighted by Gasteiger charge is -2.18. The topological polar surface area (TPSA) is 133 Å². The van der Waals surface area contributed by atoms with Crippen molar-refractivity contribution in [1.29, 1.82) is 0 Å². The standard InChI is InChI=1S/C28H22N6O3/c1-15-21(12-18(35)13-30-15)24-23-26(29)31-14-32-27(23)34(33-24)16(2)25-22(17-8-4-3-5-9-17)19-10-6-7-11-20(19)28(36)37-25/h3-14,16,35H,1-2H3,(H2,29,31,32). The first-order valence-corrected chi connectivity index (χ1v) is 11.7. The van der Waals surface area contributed by atoms with Crippen LogP contribution in [0.25, 0.3) is 44.2 Å². The Morgan fingerprint density at radius 3 is 2.51 bits per heavy atom. The van der Waals surface area contributed by atoms with E-state index in [0.717, 1.165) is 16.5 Å². The summed E-state index contributed by atoms with van der Waals surface area (Å²) in [6.45, 7) is 3.71. The quantitative estimate of drug-likeness (QED) is 0.358. The molecule has 4 heterocycles. The number of benzene rings is 2. The van der Waals surface area contributed by atoms with Crippen LogP contribution >= 0.6 is 0 Å². The highest BCUT2D eigenvalue weighted by Crippen LogP contribution is 2.39. The molecule has 4 aromatic heterocycles. The van der Waals surface area contributed by atoms with Gasteiger partial charge in [-0.15, -0.1) is 0 Å². The Morgan fingerprint density at radius 2 is 1.73 bits per heavy atom. The highest BCUT2D eigenvalue weighted by atomic mass is 16.4. The molecule has 3 N–H and O–H groups in total. The predicted octanol–water partition coefficient (Wildman–Crippen LogP) is 4.87. The number of aryl methyl sites for hydroxylation is 1. The van der Waals surface area contributed by atoms with E-state index in [1.165, 1.54) is 12.5 Å². The van der Waals surface area contributed by atoms with Crippen molar-refractivity contribution >= 4 is 27.6 Å². The van der Waals surface area contributed by atoms with Crippen molar-refractivity contribution in [3.8, 4) is 28.1 Å². The Morgan fingerprint density at radius 1 is 1.00 bits per heavy atom. The monoisotopic (exact) mass is 490 g/mol. The second-order valence-electron chi connectivity index (χ2n) is 8.79. The molecular weight excluding hydrogens is 468 g/mol. The molecule has 1 atom stereocenters. The smallest absolute Gasteiger partial charge is 0.343 e. The van der Waals surface area contributed by atoms with Crippen LogP contribution in [0.4, 0.5) is 5.82 Å². The third-order valence-electron chi connectivity index (χ3n) is 6.52. The van der Waals surface area contributed by atoms with Crippen LogP contribution in [0.3, 0.4) is 0 Å². The van der Waals surface area contributed by atoms with E-state index >= 15 is 0 Å². The van der Waals surface area contributed by atoms with Gasteiger partial charge in [0, 0.05) is 22.2 Å². The summed E-state index contributed by atoms with van der Waals surface area (Å²) in [6.07, 6.45) is 2.74. The molecule has 37 heavy (non-hydrogen) atoms. The third-order valence-corrected chi connectivity index (χ3v) is 6.52. The van der Waals surface area contributed by atoms with Crippen LogP contribution < -0.4 is 11.4 Å². The van der Waals surface area contributed by atoms with Crippen LogP contribution in [-0.2, 0) is 0 Å². The number of nitrogens with two attached hydrogens (primary N) is 1. The largest absolute Gasteiger partial charge is 0.506 e. The van der Waals surface area contributed by atoms with Crippen LogP contribution in [0.2, 0.25) is 0 Å². The fraction of sp³-hybridized carbons (Fsp3) is 0.107. The Labute approximate surface area is 210 Å². The van der Waals surface area contributed by atoms with Gasteiger partial charge in [-0.3, -0.25) is 4.98 Å². The molecule has 0 saturated carbocycles. The molecular formula is C28H22N6O3. The van der Waals surface area contributed by atoms with Crippen LogP contribution in [0.1, 0.15) is 24.4 Å². The number of pyridine rings is 1. The molecule has 0 radical (unpaired) electrons. The van der Waals surface area contributed by atoms with Gasteiger partial charge < -0.3 is 15.3 Å². The molecule has 0 fully saturated rings. The van der Waals surface area contributed by atoms with E-state index in [1.807, 2.05) is 62.4 Å². The van der Waals surface area contributed by atoms with Gasteiger partial charge in [0.25, 0.3) is 0 Å². The van der Waals surface area contributed by atoms with Crippen molar-refractivity contribution in [1.82, 2.24) is 24.7 Å². The minimum absolute atomic E-state index is 0.00124. The molecule has 9 heteroatoms. The van der Waals surface area contributed by atoms with Gasteiger partial charge in [-0.1, -0.05) is 48.5 Å². The molecule has 0 spiro atoms. The first kappa shape index (κ1) is 22.4. The van der Waals surface area contributed by atoms with E-state index in [2.05, 4.69) is 15.0 Å². The maximum Gasteiger partial charge on any atom is 0.343 e. The number of nitrogen functional groups attached to an aromatic ring is 1. The zero-order valence-corrected chi connectivity index (χ0v) is 20.1. The van der Waals surface area contributed by atoms with Crippen LogP contribution in [-0.4, -0.2) is 29.8 Å². The summed E-state index contributed by atoms with van der Waals surface area (Å²) in [4.78, 5) is 26.0. The van der Waals surface area contributed by atoms with Crippen molar-refractivity contribution in [2.24, 2.45) is 0 Å². The highest BCUT2D eigenvalue weighted by molar-refractivity contribution is 5.99. The van der Waals surface area contributed by atoms with E-state index in [9.17, 15) is 9.90 Å². The fourth-order valence-electron chi connectivity index (χ4n) is 4.74. The van der Waals surface area contributed by atoms with Gasteiger partial charge in [-0.2, -0.15) is 5.10 Å². The maximum absolute atomic E-state index is 13.1. The summed E-state index contributed by atoms with van der Waals surface area (Å²) in [5.41, 5.74) is 9.76. The number of aromatic nitrogens is 5. The predicted molar refractivity (Wildman–Crippen MR) is 141 cm³/mol.